The molecule has 6 aromatic rings. The van der Waals surface area contributed by atoms with Crippen LogP contribution in [0.15, 0.2) is 103 Å². The van der Waals surface area contributed by atoms with Crippen molar-refractivity contribution >= 4 is 50.5 Å². The van der Waals surface area contributed by atoms with Crippen LogP contribution in [0.4, 0.5) is 0 Å². The topological polar surface area (TPSA) is 178 Å². The predicted octanol–water partition coefficient (Wildman–Crippen LogP) is 7.74. The molecule has 1 saturated heterocycles. The van der Waals surface area contributed by atoms with Crippen molar-refractivity contribution in [2.75, 3.05) is 52.8 Å². The zero-order valence-electron chi connectivity index (χ0n) is 37.5. The third kappa shape index (κ3) is 12.7. The number of aliphatic hydroxyl groups excluding tert-OH is 1. The quantitative estimate of drug-likeness (QED) is 0.0520. The average molecular weight is 937 g/mol. The van der Waals surface area contributed by atoms with Crippen LogP contribution in [0, 0.1) is 12.3 Å². The Morgan fingerprint density at radius 2 is 1.50 bits per heavy atom. The summed E-state index contributed by atoms with van der Waals surface area (Å²) in [4.78, 5) is 48.1. The van der Waals surface area contributed by atoms with Crippen molar-refractivity contribution in [2.24, 2.45) is 5.41 Å². The molecule has 4 aromatic carbocycles. The molecular formula is C50H56N4O10S2. The van der Waals surface area contributed by atoms with Crippen LogP contribution in [-0.2, 0) is 35.1 Å². The first-order chi connectivity index (χ1) is 31.8. The lowest BCUT2D eigenvalue weighted by atomic mass is 9.85. The van der Waals surface area contributed by atoms with E-state index in [0.29, 0.717) is 37.9 Å². The maximum atomic E-state index is 13.9. The van der Waals surface area contributed by atoms with Crippen molar-refractivity contribution in [1.29, 1.82) is 0 Å². The second-order valence-electron chi connectivity index (χ2n) is 17.0. The first kappa shape index (κ1) is 48.1. The number of hydrogen-bond acceptors (Lipinski definition) is 13. The summed E-state index contributed by atoms with van der Waals surface area (Å²) in [6.45, 7) is 9.14. The van der Waals surface area contributed by atoms with Gasteiger partial charge in [-0.3, -0.25) is 14.4 Å². The molecule has 66 heavy (non-hydrogen) atoms. The lowest BCUT2D eigenvalue weighted by Crippen LogP contribution is -2.58. The van der Waals surface area contributed by atoms with E-state index in [2.05, 4.69) is 15.6 Å². The molecule has 16 heteroatoms. The van der Waals surface area contributed by atoms with Gasteiger partial charge in [0.05, 0.1) is 60.1 Å². The zero-order chi connectivity index (χ0) is 46.6. The minimum atomic E-state index is -0.966. The highest BCUT2D eigenvalue weighted by Crippen LogP contribution is 2.47. The number of aliphatic hydroxyl groups is 1. The van der Waals surface area contributed by atoms with Gasteiger partial charge in [0.1, 0.15) is 42.5 Å². The van der Waals surface area contributed by atoms with Gasteiger partial charge < -0.3 is 49.4 Å². The number of benzene rings is 4. The summed E-state index contributed by atoms with van der Waals surface area (Å²) in [5, 5.41) is 27.2. The smallest absolute Gasteiger partial charge is 0.246 e. The van der Waals surface area contributed by atoms with Crippen LogP contribution >= 0.6 is 22.7 Å². The number of thiazole rings is 1. The van der Waals surface area contributed by atoms with Crippen molar-refractivity contribution in [2.45, 2.75) is 58.8 Å². The molecule has 7 rings (SSSR count). The SMILES string of the molecule is Cc1ncsc1-c1ccc(CNC(=O)C2CC(O)CN2C(=O)C(NC(=O)COCCOCCOCCOc2ccc(Oc3c(-c4ccccc4)sc4cc(O)ccc34)cc2)C(C)(C)C)cc1. The molecule has 3 atom stereocenters. The molecule has 0 saturated carbocycles. The first-order valence-corrected chi connectivity index (χ1v) is 23.5. The number of β-amino-alcohol motifs (C(OH)–C–C–N with tert-alkyl or cyclic N) is 1. The number of aromatic nitrogens is 1. The standard InChI is InChI=1S/C50H56N4O10S2/c1-32-45(65-31-52-32)35-12-10-33(11-13-35)28-51-48(58)41-26-37(56)29-54(41)49(59)47(50(2,3)4)53-43(57)30-62-23-22-60-20-21-61-24-25-63-38-15-17-39(18-16-38)64-44-40-19-14-36(55)27-42(40)66-46(44)34-8-6-5-7-9-34/h5-19,27,31,37,41,47,55-56H,20-26,28-30H2,1-4H3,(H,51,58)(H,53,57). The van der Waals surface area contributed by atoms with E-state index in [4.69, 9.17) is 23.7 Å². The summed E-state index contributed by atoms with van der Waals surface area (Å²) < 4.78 is 29.9. The fourth-order valence-corrected chi connectivity index (χ4v) is 9.45. The number of fused-ring (bicyclic) bond motifs is 1. The van der Waals surface area contributed by atoms with Crippen LogP contribution < -0.4 is 20.1 Å². The highest BCUT2D eigenvalue weighted by atomic mass is 32.1. The molecule has 0 bridgehead atoms. The van der Waals surface area contributed by atoms with Gasteiger partial charge in [-0.05, 0) is 71.5 Å². The van der Waals surface area contributed by atoms with Crippen molar-refractivity contribution in [3.8, 4) is 43.9 Å². The molecule has 348 valence electrons. The molecule has 4 N–H and O–H groups in total. The minimum Gasteiger partial charge on any atom is -0.508 e. The van der Waals surface area contributed by atoms with Crippen LogP contribution in [0.2, 0.25) is 0 Å². The number of aryl methyl sites for hydroxylation is 1. The number of carbonyl (C=O) groups excluding carboxylic acids is 3. The van der Waals surface area contributed by atoms with E-state index in [9.17, 15) is 24.6 Å². The minimum absolute atomic E-state index is 0.0172. The van der Waals surface area contributed by atoms with Gasteiger partial charge >= 0.3 is 0 Å². The molecule has 3 unspecified atom stereocenters. The number of phenols is 1. The van der Waals surface area contributed by atoms with Crippen LogP contribution in [-0.4, -0.2) is 109 Å². The summed E-state index contributed by atoms with van der Waals surface area (Å²) in [6, 6.07) is 28.7. The molecule has 1 fully saturated rings. The normalized spacial score (nSPS) is 15.4. The molecular weight excluding hydrogens is 881 g/mol. The fourth-order valence-electron chi connectivity index (χ4n) is 7.47. The first-order valence-electron chi connectivity index (χ1n) is 21.8. The monoisotopic (exact) mass is 936 g/mol. The Kier molecular flexibility index (Phi) is 16.4. The van der Waals surface area contributed by atoms with Crippen molar-refractivity contribution < 1.29 is 48.3 Å². The lowest BCUT2D eigenvalue weighted by molar-refractivity contribution is -0.144. The highest BCUT2D eigenvalue weighted by molar-refractivity contribution is 7.22. The highest BCUT2D eigenvalue weighted by Gasteiger charge is 2.44. The molecule has 0 radical (unpaired) electrons. The van der Waals surface area contributed by atoms with Gasteiger partial charge in [-0.1, -0.05) is 75.4 Å². The van der Waals surface area contributed by atoms with Gasteiger partial charge in [0.15, 0.2) is 5.75 Å². The predicted molar refractivity (Wildman–Crippen MR) is 255 cm³/mol. The molecule has 3 amide bonds. The fraction of sp³-hybridized carbons (Fsp3) is 0.360. The van der Waals surface area contributed by atoms with Gasteiger partial charge in [0.2, 0.25) is 17.7 Å². The van der Waals surface area contributed by atoms with Gasteiger partial charge in [0.25, 0.3) is 0 Å². The molecule has 14 nitrogen and oxygen atoms in total. The molecule has 0 aliphatic carbocycles. The average Bonchev–Trinajstić information content (AvgIpc) is 4.03. The number of likely N-dealkylation sites (tertiary alicyclic amines) is 1. The van der Waals surface area contributed by atoms with E-state index < -0.39 is 35.4 Å². The zero-order valence-corrected chi connectivity index (χ0v) is 39.1. The van der Waals surface area contributed by atoms with Gasteiger partial charge in [0, 0.05) is 29.6 Å². The number of nitrogens with one attached hydrogen (secondary N) is 2. The number of ether oxygens (including phenoxy) is 5. The van der Waals surface area contributed by atoms with E-state index in [1.165, 1.54) is 4.90 Å². The van der Waals surface area contributed by atoms with Crippen LogP contribution in [0.1, 0.15) is 38.4 Å². The Morgan fingerprint density at radius 1 is 0.833 bits per heavy atom. The number of carbonyl (C=O) groups is 3. The lowest BCUT2D eigenvalue weighted by Gasteiger charge is -2.35. The van der Waals surface area contributed by atoms with E-state index in [1.54, 1.807) is 34.8 Å². The van der Waals surface area contributed by atoms with E-state index >= 15 is 0 Å². The maximum absolute atomic E-state index is 13.9. The Morgan fingerprint density at radius 3 is 2.18 bits per heavy atom. The third-order valence-corrected chi connectivity index (χ3v) is 13.1. The Balaban J connectivity index is 0.769. The number of rotatable bonds is 21. The van der Waals surface area contributed by atoms with E-state index in [0.717, 1.165) is 48.0 Å². The Bertz CT molecular complexity index is 2540. The largest absolute Gasteiger partial charge is 0.508 e. The summed E-state index contributed by atoms with van der Waals surface area (Å²) in [5.74, 6) is 0.962. The summed E-state index contributed by atoms with van der Waals surface area (Å²) in [5.41, 5.74) is 5.05. The molecule has 3 heterocycles. The number of thiophene rings is 1. The van der Waals surface area contributed by atoms with Gasteiger partial charge in [-0.2, -0.15) is 0 Å². The Hall–Kier alpha value is -5.88. The van der Waals surface area contributed by atoms with Crippen molar-refractivity contribution in [1.82, 2.24) is 20.5 Å². The number of hydrogen-bond donors (Lipinski definition) is 4. The third-order valence-electron chi connectivity index (χ3n) is 10.9. The number of amides is 3. The Labute approximate surface area is 392 Å². The summed E-state index contributed by atoms with van der Waals surface area (Å²) in [7, 11) is 0. The van der Waals surface area contributed by atoms with Crippen molar-refractivity contribution in [3.63, 3.8) is 0 Å². The van der Waals surface area contributed by atoms with Crippen LogP contribution in [0.5, 0.6) is 23.0 Å². The molecule has 2 aromatic heterocycles. The molecule has 1 aliphatic heterocycles. The number of nitrogens with zero attached hydrogens (tertiary/aromatic N) is 2. The molecule has 0 spiro atoms. The molecule has 1 aliphatic rings. The van der Waals surface area contributed by atoms with E-state index in [-0.39, 0.29) is 51.0 Å². The van der Waals surface area contributed by atoms with Gasteiger partial charge in [-0.25, -0.2) is 4.98 Å². The summed E-state index contributed by atoms with van der Waals surface area (Å²) in [6.07, 6.45) is -0.776. The van der Waals surface area contributed by atoms with Crippen molar-refractivity contribution in [3.05, 3.63) is 114 Å². The number of aromatic hydroxyl groups is 1. The van der Waals surface area contributed by atoms with Gasteiger partial charge in [-0.15, -0.1) is 22.7 Å². The maximum Gasteiger partial charge on any atom is 0.246 e. The number of phenolic OH excluding ortho intramolecular Hbond substituents is 1. The second kappa shape index (κ2) is 22.5. The second-order valence-corrected chi connectivity index (χ2v) is 18.9. The van der Waals surface area contributed by atoms with Crippen LogP contribution in [0.25, 0.3) is 31.0 Å². The van der Waals surface area contributed by atoms with Crippen LogP contribution in [0.3, 0.4) is 0 Å². The summed E-state index contributed by atoms with van der Waals surface area (Å²) >= 11 is 3.14. The van der Waals surface area contributed by atoms with E-state index in [1.807, 2.05) is 118 Å².